The summed E-state index contributed by atoms with van der Waals surface area (Å²) in [5.74, 6) is 0.858. The van der Waals surface area contributed by atoms with Crippen molar-refractivity contribution < 1.29 is 4.74 Å². The molecule has 4 nitrogen and oxygen atoms in total. The molecule has 0 amide bonds. The lowest BCUT2D eigenvalue weighted by molar-refractivity contribution is 0.115. The number of nitriles is 1. The number of hydrogen-bond donors (Lipinski definition) is 0. The summed E-state index contributed by atoms with van der Waals surface area (Å²) >= 11 is 0. The molecule has 2 aliphatic rings. The Balaban J connectivity index is 1.89. The van der Waals surface area contributed by atoms with Gasteiger partial charge in [0.25, 0.3) is 0 Å². The first-order valence-corrected chi connectivity index (χ1v) is 8.11. The molecule has 2 heterocycles. The summed E-state index contributed by atoms with van der Waals surface area (Å²) in [5.41, 5.74) is 3.19. The van der Waals surface area contributed by atoms with Gasteiger partial charge in [0, 0.05) is 25.4 Å². The van der Waals surface area contributed by atoms with E-state index in [0.29, 0.717) is 0 Å². The molecule has 0 bridgehead atoms. The highest BCUT2D eigenvalue weighted by molar-refractivity contribution is 5.56. The van der Waals surface area contributed by atoms with Gasteiger partial charge in [-0.3, -0.25) is 0 Å². The van der Waals surface area contributed by atoms with Crippen LogP contribution < -0.4 is 4.90 Å². The zero-order valence-electron chi connectivity index (χ0n) is 12.8. The number of ether oxygens (including phenoxy) is 1. The molecule has 1 unspecified atom stereocenters. The van der Waals surface area contributed by atoms with Crippen molar-refractivity contribution >= 4 is 5.82 Å². The summed E-state index contributed by atoms with van der Waals surface area (Å²) in [7, 11) is 0. The summed E-state index contributed by atoms with van der Waals surface area (Å²) in [6.07, 6.45) is 7.08. The van der Waals surface area contributed by atoms with Crippen LogP contribution in [0.25, 0.3) is 0 Å². The predicted molar refractivity (Wildman–Crippen MR) is 82.5 cm³/mol. The fourth-order valence-electron chi connectivity index (χ4n) is 3.35. The number of hydrogen-bond acceptors (Lipinski definition) is 4. The average Bonchev–Trinajstić information content (AvgIpc) is 3.04. The molecule has 0 N–H and O–H groups in total. The Morgan fingerprint density at radius 2 is 2.24 bits per heavy atom. The van der Waals surface area contributed by atoms with Crippen molar-refractivity contribution in [2.45, 2.75) is 51.6 Å². The van der Waals surface area contributed by atoms with Gasteiger partial charge in [-0.1, -0.05) is 0 Å². The van der Waals surface area contributed by atoms with E-state index in [4.69, 9.17) is 9.72 Å². The lowest BCUT2D eigenvalue weighted by Gasteiger charge is -2.27. The Labute approximate surface area is 126 Å². The van der Waals surface area contributed by atoms with Crippen LogP contribution in [-0.2, 0) is 17.6 Å². The van der Waals surface area contributed by atoms with E-state index >= 15 is 0 Å². The number of rotatable bonds is 4. The molecule has 1 aromatic heterocycles. The van der Waals surface area contributed by atoms with Gasteiger partial charge in [-0.2, -0.15) is 5.26 Å². The van der Waals surface area contributed by atoms with Gasteiger partial charge in [-0.15, -0.1) is 0 Å². The van der Waals surface area contributed by atoms with E-state index in [2.05, 4.69) is 24.0 Å². The van der Waals surface area contributed by atoms with Crippen molar-refractivity contribution in [3.63, 3.8) is 0 Å². The number of fused-ring (bicyclic) bond motifs is 1. The zero-order valence-corrected chi connectivity index (χ0v) is 12.8. The van der Waals surface area contributed by atoms with Crippen LogP contribution in [0, 0.1) is 11.3 Å². The third kappa shape index (κ3) is 3.03. The third-order valence-corrected chi connectivity index (χ3v) is 4.53. The Kier molecular flexibility index (Phi) is 4.40. The number of nitrogens with zero attached hydrogens (tertiary/aromatic N) is 3. The Morgan fingerprint density at radius 3 is 2.95 bits per heavy atom. The van der Waals surface area contributed by atoms with Crippen LogP contribution in [0.4, 0.5) is 5.82 Å². The van der Waals surface area contributed by atoms with Crippen LogP contribution in [-0.4, -0.2) is 30.8 Å². The molecule has 0 radical (unpaired) electrons. The minimum absolute atomic E-state index is 0.286. The van der Waals surface area contributed by atoms with E-state index in [-0.39, 0.29) is 6.10 Å². The van der Waals surface area contributed by atoms with Crippen LogP contribution >= 0.6 is 0 Å². The van der Waals surface area contributed by atoms with Crippen molar-refractivity contribution in [2.75, 3.05) is 24.6 Å². The quantitative estimate of drug-likeness (QED) is 0.853. The number of pyridine rings is 1. The number of anilines is 1. The molecule has 1 aromatic rings. The molecular formula is C17H23N3O. The van der Waals surface area contributed by atoms with Crippen molar-refractivity contribution in [1.82, 2.24) is 4.98 Å². The second-order valence-corrected chi connectivity index (χ2v) is 5.96. The number of aromatic nitrogens is 1. The molecule has 21 heavy (non-hydrogen) atoms. The summed E-state index contributed by atoms with van der Waals surface area (Å²) in [6, 6.07) is 4.40. The Morgan fingerprint density at radius 1 is 1.38 bits per heavy atom. The van der Waals surface area contributed by atoms with Gasteiger partial charge in [-0.25, -0.2) is 4.98 Å². The second kappa shape index (κ2) is 6.44. The molecule has 1 fully saturated rings. The van der Waals surface area contributed by atoms with Gasteiger partial charge in [0.2, 0.25) is 0 Å². The SMILES string of the molecule is CCN(CC1CCCO1)c1nc2c(cc1C#N)CCCC2. The Hall–Kier alpha value is -1.60. The van der Waals surface area contributed by atoms with Crippen molar-refractivity contribution in [3.05, 3.63) is 22.9 Å². The molecular weight excluding hydrogens is 262 g/mol. The van der Waals surface area contributed by atoms with Gasteiger partial charge < -0.3 is 9.64 Å². The van der Waals surface area contributed by atoms with Gasteiger partial charge in [0.15, 0.2) is 0 Å². The molecule has 112 valence electrons. The molecule has 1 atom stereocenters. The molecule has 1 aliphatic carbocycles. The monoisotopic (exact) mass is 285 g/mol. The predicted octanol–water partition coefficient (Wildman–Crippen LogP) is 2.84. The molecule has 1 saturated heterocycles. The highest BCUT2D eigenvalue weighted by Gasteiger charge is 2.23. The Bertz CT molecular complexity index is 544. The van der Waals surface area contributed by atoms with E-state index in [1.165, 1.54) is 24.1 Å². The zero-order chi connectivity index (χ0) is 14.7. The smallest absolute Gasteiger partial charge is 0.146 e. The fraction of sp³-hybridized carbons (Fsp3) is 0.647. The normalized spacial score (nSPS) is 20.9. The topological polar surface area (TPSA) is 49.1 Å². The van der Waals surface area contributed by atoms with Crippen molar-refractivity contribution in [1.29, 1.82) is 5.26 Å². The first-order valence-electron chi connectivity index (χ1n) is 8.11. The highest BCUT2D eigenvalue weighted by atomic mass is 16.5. The summed E-state index contributed by atoms with van der Waals surface area (Å²) in [4.78, 5) is 7.06. The van der Waals surface area contributed by atoms with Gasteiger partial charge in [0.1, 0.15) is 11.9 Å². The first kappa shape index (κ1) is 14.3. The van der Waals surface area contributed by atoms with Crippen LogP contribution in [0.15, 0.2) is 6.07 Å². The molecule has 0 spiro atoms. The van der Waals surface area contributed by atoms with Crippen molar-refractivity contribution in [3.8, 4) is 6.07 Å². The van der Waals surface area contributed by atoms with Crippen molar-refractivity contribution in [2.24, 2.45) is 0 Å². The van der Waals surface area contributed by atoms with Crippen LogP contribution in [0.2, 0.25) is 0 Å². The minimum atomic E-state index is 0.286. The molecule has 3 rings (SSSR count). The largest absolute Gasteiger partial charge is 0.376 e. The van der Waals surface area contributed by atoms with Gasteiger partial charge in [0.05, 0.1) is 11.7 Å². The van der Waals surface area contributed by atoms with E-state index in [0.717, 1.165) is 56.8 Å². The lowest BCUT2D eigenvalue weighted by atomic mass is 9.95. The summed E-state index contributed by atoms with van der Waals surface area (Å²) in [6.45, 7) is 4.69. The lowest BCUT2D eigenvalue weighted by Crippen LogP contribution is -2.33. The van der Waals surface area contributed by atoms with Gasteiger partial charge in [-0.05, 0) is 57.1 Å². The summed E-state index contributed by atoms with van der Waals surface area (Å²) < 4.78 is 5.74. The molecule has 0 saturated carbocycles. The first-order chi connectivity index (χ1) is 10.3. The number of aryl methyl sites for hydroxylation is 2. The third-order valence-electron chi connectivity index (χ3n) is 4.53. The van der Waals surface area contributed by atoms with E-state index < -0.39 is 0 Å². The maximum atomic E-state index is 9.48. The maximum Gasteiger partial charge on any atom is 0.146 e. The standard InChI is InChI=1S/C17H23N3O/c1-2-20(12-15-7-5-9-21-15)17-14(11-18)10-13-6-3-4-8-16(13)19-17/h10,15H,2-9,12H2,1H3. The van der Waals surface area contributed by atoms with Gasteiger partial charge >= 0.3 is 0 Å². The minimum Gasteiger partial charge on any atom is -0.376 e. The summed E-state index contributed by atoms with van der Waals surface area (Å²) in [5, 5.41) is 9.48. The van der Waals surface area contributed by atoms with Crippen LogP contribution in [0.3, 0.4) is 0 Å². The van der Waals surface area contributed by atoms with E-state index in [1.54, 1.807) is 0 Å². The fourth-order valence-corrected chi connectivity index (χ4v) is 3.35. The average molecular weight is 285 g/mol. The second-order valence-electron chi connectivity index (χ2n) is 5.96. The maximum absolute atomic E-state index is 9.48. The molecule has 1 aliphatic heterocycles. The highest BCUT2D eigenvalue weighted by Crippen LogP contribution is 2.27. The van der Waals surface area contributed by atoms with Crippen LogP contribution in [0.5, 0.6) is 0 Å². The van der Waals surface area contributed by atoms with E-state index in [1.807, 2.05) is 0 Å². The molecule has 0 aromatic carbocycles. The van der Waals surface area contributed by atoms with Crippen LogP contribution in [0.1, 0.15) is 49.4 Å². The van der Waals surface area contributed by atoms with E-state index in [9.17, 15) is 5.26 Å². The number of likely N-dealkylation sites (N-methyl/N-ethyl adjacent to an activating group) is 1. The molecule has 4 heteroatoms.